The van der Waals surface area contributed by atoms with Crippen molar-refractivity contribution < 1.29 is 9.90 Å². The highest BCUT2D eigenvalue weighted by Crippen LogP contribution is 2.16. The number of rotatable bonds is 4. The van der Waals surface area contributed by atoms with E-state index in [0.717, 1.165) is 19.4 Å². The maximum atomic E-state index is 11.9. The smallest absolute Gasteiger partial charge is 0.238 e. The lowest BCUT2D eigenvalue weighted by Gasteiger charge is -2.21. The largest absolute Gasteiger partial charge is 0.395 e. The van der Waals surface area contributed by atoms with Gasteiger partial charge in [0.1, 0.15) is 0 Å². The van der Waals surface area contributed by atoms with Crippen molar-refractivity contribution >= 4 is 11.6 Å². The summed E-state index contributed by atoms with van der Waals surface area (Å²) in [5, 5.41) is 20.8. The van der Waals surface area contributed by atoms with Crippen LogP contribution >= 0.6 is 0 Å². The number of hydrogen-bond acceptors (Lipinski definition) is 4. The van der Waals surface area contributed by atoms with Crippen molar-refractivity contribution in [2.24, 2.45) is 0 Å². The first-order valence-corrected chi connectivity index (χ1v) is 6.38. The second kappa shape index (κ2) is 6.32. The number of nitrogens with zero attached hydrogens (tertiary/aromatic N) is 2. The van der Waals surface area contributed by atoms with Gasteiger partial charge in [-0.1, -0.05) is 6.07 Å². The molecule has 2 N–H and O–H groups in total. The van der Waals surface area contributed by atoms with E-state index in [4.69, 9.17) is 5.26 Å². The van der Waals surface area contributed by atoms with Gasteiger partial charge in [0.25, 0.3) is 0 Å². The third kappa shape index (κ3) is 3.53. The summed E-state index contributed by atoms with van der Waals surface area (Å²) in [6.07, 6.45) is 1.95. The fourth-order valence-electron chi connectivity index (χ4n) is 2.36. The molecular formula is C14H17N3O2. The summed E-state index contributed by atoms with van der Waals surface area (Å²) in [6.45, 7) is 1.22. The number of nitrogens with one attached hydrogen (secondary N) is 1. The number of carbonyl (C=O) groups excluding carboxylic acids is 1. The minimum atomic E-state index is -0.115. The zero-order valence-corrected chi connectivity index (χ0v) is 10.7. The highest BCUT2D eigenvalue weighted by atomic mass is 16.3. The molecular weight excluding hydrogens is 242 g/mol. The molecule has 0 aromatic heterocycles. The average molecular weight is 259 g/mol. The number of carbonyl (C=O) groups is 1. The summed E-state index contributed by atoms with van der Waals surface area (Å²) < 4.78 is 0. The van der Waals surface area contributed by atoms with E-state index >= 15 is 0 Å². The number of aliphatic hydroxyl groups is 1. The maximum absolute atomic E-state index is 11.9. The molecule has 0 radical (unpaired) electrons. The molecule has 100 valence electrons. The fourth-order valence-corrected chi connectivity index (χ4v) is 2.36. The summed E-state index contributed by atoms with van der Waals surface area (Å²) in [6, 6.07) is 8.96. The van der Waals surface area contributed by atoms with Gasteiger partial charge in [-0.2, -0.15) is 5.26 Å². The SMILES string of the molecule is N#Cc1cccc(NC(=O)CN2CCC[C@@H]2CO)c1. The fraction of sp³-hybridized carbons (Fsp3) is 0.429. The van der Waals surface area contributed by atoms with Crippen molar-refractivity contribution in [2.75, 3.05) is 25.0 Å². The third-order valence-electron chi connectivity index (χ3n) is 3.33. The topological polar surface area (TPSA) is 76.4 Å². The Morgan fingerprint density at radius 2 is 2.42 bits per heavy atom. The van der Waals surface area contributed by atoms with Crippen LogP contribution in [0.25, 0.3) is 0 Å². The molecule has 19 heavy (non-hydrogen) atoms. The molecule has 1 saturated heterocycles. The Labute approximate surface area is 112 Å². The molecule has 0 aliphatic carbocycles. The molecule has 0 saturated carbocycles. The van der Waals surface area contributed by atoms with Gasteiger partial charge in [-0.15, -0.1) is 0 Å². The number of likely N-dealkylation sites (tertiary alicyclic amines) is 1. The summed E-state index contributed by atoms with van der Waals surface area (Å²) in [5.74, 6) is -0.115. The Morgan fingerprint density at radius 3 is 3.16 bits per heavy atom. The van der Waals surface area contributed by atoms with Crippen molar-refractivity contribution in [2.45, 2.75) is 18.9 Å². The van der Waals surface area contributed by atoms with Gasteiger partial charge in [0, 0.05) is 11.7 Å². The maximum Gasteiger partial charge on any atom is 0.238 e. The van der Waals surface area contributed by atoms with Crippen LogP contribution in [0.3, 0.4) is 0 Å². The summed E-state index contributed by atoms with van der Waals surface area (Å²) in [7, 11) is 0. The molecule has 1 atom stereocenters. The molecule has 5 heteroatoms. The van der Waals surface area contributed by atoms with Crippen LogP contribution in [-0.4, -0.2) is 41.7 Å². The number of hydrogen-bond donors (Lipinski definition) is 2. The van der Waals surface area contributed by atoms with Crippen molar-refractivity contribution in [1.82, 2.24) is 4.90 Å². The zero-order chi connectivity index (χ0) is 13.7. The van der Waals surface area contributed by atoms with E-state index in [9.17, 15) is 9.90 Å². The summed E-state index contributed by atoms with van der Waals surface area (Å²) >= 11 is 0. The first kappa shape index (κ1) is 13.5. The molecule has 5 nitrogen and oxygen atoms in total. The van der Waals surface area contributed by atoms with Gasteiger partial charge in [0.05, 0.1) is 24.8 Å². The van der Waals surface area contributed by atoms with Gasteiger partial charge in [-0.05, 0) is 37.6 Å². The lowest BCUT2D eigenvalue weighted by Crippen LogP contribution is -2.38. The number of benzene rings is 1. The van der Waals surface area contributed by atoms with Crippen LogP contribution in [0.2, 0.25) is 0 Å². The lowest BCUT2D eigenvalue weighted by atomic mass is 10.2. The average Bonchev–Trinajstić information content (AvgIpc) is 2.86. The minimum Gasteiger partial charge on any atom is -0.395 e. The quantitative estimate of drug-likeness (QED) is 0.844. The van der Waals surface area contributed by atoms with Gasteiger partial charge < -0.3 is 10.4 Å². The van der Waals surface area contributed by atoms with E-state index in [1.165, 1.54) is 0 Å². The van der Waals surface area contributed by atoms with Crippen LogP contribution in [0.15, 0.2) is 24.3 Å². The van der Waals surface area contributed by atoms with Gasteiger partial charge in [0.2, 0.25) is 5.91 Å². The Kier molecular flexibility index (Phi) is 4.50. The zero-order valence-electron chi connectivity index (χ0n) is 10.7. The number of amides is 1. The Morgan fingerprint density at radius 1 is 1.58 bits per heavy atom. The van der Waals surface area contributed by atoms with Crippen molar-refractivity contribution in [3.05, 3.63) is 29.8 Å². The molecule has 2 rings (SSSR count). The molecule has 0 spiro atoms. The van der Waals surface area contributed by atoms with Crippen molar-refractivity contribution in [1.29, 1.82) is 5.26 Å². The number of aliphatic hydroxyl groups excluding tert-OH is 1. The van der Waals surface area contributed by atoms with Crippen LogP contribution in [0.5, 0.6) is 0 Å². The van der Waals surface area contributed by atoms with Crippen LogP contribution in [0.1, 0.15) is 18.4 Å². The van der Waals surface area contributed by atoms with E-state index in [1.54, 1.807) is 24.3 Å². The van der Waals surface area contributed by atoms with Gasteiger partial charge in [-0.3, -0.25) is 9.69 Å². The molecule has 0 bridgehead atoms. The predicted molar refractivity (Wildman–Crippen MR) is 71.5 cm³/mol. The molecule has 0 unspecified atom stereocenters. The van der Waals surface area contributed by atoms with Crippen molar-refractivity contribution in [3.63, 3.8) is 0 Å². The molecule has 1 fully saturated rings. The summed E-state index contributed by atoms with van der Waals surface area (Å²) in [5.41, 5.74) is 1.15. The van der Waals surface area contributed by atoms with Crippen LogP contribution in [-0.2, 0) is 4.79 Å². The number of nitriles is 1. The van der Waals surface area contributed by atoms with E-state index in [-0.39, 0.29) is 25.1 Å². The molecule has 1 aliphatic rings. The molecule has 1 heterocycles. The van der Waals surface area contributed by atoms with E-state index < -0.39 is 0 Å². The monoisotopic (exact) mass is 259 g/mol. The van der Waals surface area contributed by atoms with Gasteiger partial charge in [0.15, 0.2) is 0 Å². The lowest BCUT2D eigenvalue weighted by molar-refractivity contribution is -0.117. The van der Waals surface area contributed by atoms with E-state index in [1.807, 2.05) is 11.0 Å². The van der Waals surface area contributed by atoms with Crippen LogP contribution in [0, 0.1) is 11.3 Å². The molecule has 1 aliphatic heterocycles. The third-order valence-corrected chi connectivity index (χ3v) is 3.33. The minimum absolute atomic E-state index is 0.0937. The van der Waals surface area contributed by atoms with E-state index in [0.29, 0.717) is 11.3 Å². The molecule has 1 aromatic rings. The normalized spacial score (nSPS) is 19.1. The second-order valence-corrected chi connectivity index (χ2v) is 4.69. The second-order valence-electron chi connectivity index (χ2n) is 4.69. The van der Waals surface area contributed by atoms with Gasteiger partial charge >= 0.3 is 0 Å². The highest BCUT2D eigenvalue weighted by Gasteiger charge is 2.25. The number of anilines is 1. The van der Waals surface area contributed by atoms with E-state index in [2.05, 4.69) is 5.32 Å². The van der Waals surface area contributed by atoms with Crippen LogP contribution < -0.4 is 5.32 Å². The molecule has 1 aromatic carbocycles. The highest BCUT2D eigenvalue weighted by molar-refractivity contribution is 5.92. The Bertz CT molecular complexity index is 496. The first-order valence-electron chi connectivity index (χ1n) is 6.38. The summed E-state index contributed by atoms with van der Waals surface area (Å²) in [4.78, 5) is 13.9. The molecule has 1 amide bonds. The standard InChI is InChI=1S/C14H17N3O2/c15-8-11-3-1-4-12(7-11)16-14(19)9-17-6-2-5-13(17)10-18/h1,3-4,7,13,18H,2,5-6,9-10H2,(H,16,19)/t13-/m1/s1. The Hall–Kier alpha value is -1.90. The Balaban J connectivity index is 1.92. The van der Waals surface area contributed by atoms with Gasteiger partial charge in [-0.25, -0.2) is 0 Å². The van der Waals surface area contributed by atoms with Crippen LogP contribution in [0.4, 0.5) is 5.69 Å². The van der Waals surface area contributed by atoms with Crippen molar-refractivity contribution in [3.8, 4) is 6.07 Å². The first-order chi connectivity index (χ1) is 9.22. The predicted octanol–water partition coefficient (Wildman–Crippen LogP) is 0.953.